The number of anilines is 2. The molecule has 0 saturated heterocycles. The first-order valence-electron chi connectivity index (χ1n) is 10.3. The maximum Gasteiger partial charge on any atom is 0.410 e. The number of halogens is 3. The van der Waals surface area contributed by atoms with Gasteiger partial charge in [-0.15, -0.1) is 0 Å². The molecule has 5 rings (SSSR count). The smallest absolute Gasteiger partial charge is 0.363 e. The van der Waals surface area contributed by atoms with Gasteiger partial charge in [-0.25, -0.2) is 4.68 Å². The van der Waals surface area contributed by atoms with E-state index in [2.05, 4.69) is 10.4 Å². The maximum atomic E-state index is 13.9. The van der Waals surface area contributed by atoms with Crippen molar-refractivity contribution in [3.63, 3.8) is 0 Å². The second kappa shape index (κ2) is 7.44. The van der Waals surface area contributed by atoms with Crippen molar-refractivity contribution in [2.24, 2.45) is 0 Å². The molecule has 3 aromatic rings. The van der Waals surface area contributed by atoms with Crippen molar-refractivity contribution in [3.05, 3.63) is 77.5 Å². The lowest BCUT2D eigenvalue weighted by Crippen LogP contribution is -2.37. The van der Waals surface area contributed by atoms with Crippen LogP contribution in [0.25, 0.3) is 0 Å². The van der Waals surface area contributed by atoms with Crippen molar-refractivity contribution in [1.29, 1.82) is 0 Å². The number of fused-ring (bicyclic) bond motifs is 2. The highest BCUT2D eigenvalue weighted by atomic mass is 19.4. The Morgan fingerprint density at radius 1 is 1.06 bits per heavy atom. The number of benzene rings is 2. The minimum absolute atomic E-state index is 0.0159. The van der Waals surface area contributed by atoms with Crippen molar-refractivity contribution in [2.45, 2.75) is 37.5 Å². The van der Waals surface area contributed by atoms with Gasteiger partial charge in [-0.2, -0.15) is 18.3 Å². The summed E-state index contributed by atoms with van der Waals surface area (Å²) in [5, 5.41) is 7.26. The van der Waals surface area contributed by atoms with E-state index in [1.807, 2.05) is 30.3 Å². The van der Waals surface area contributed by atoms with Crippen molar-refractivity contribution in [3.8, 4) is 0 Å². The Balaban J connectivity index is 1.50. The number of para-hydroxylation sites is 1. The molecule has 5 nitrogen and oxygen atoms in total. The molecule has 160 valence electrons. The Hall–Kier alpha value is -3.29. The van der Waals surface area contributed by atoms with Gasteiger partial charge in [0.05, 0.1) is 6.04 Å². The van der Waals surface area contributed by atoms with E-state index < -0.39 is 18.3 Å². The van der Waals surface area contributed by atoms with Gasteiger partial charge in [0.25, 0.3) is 5.91 Å². The van der Waals surface area contributed by atoms with E-state index in [0.717, 1.165) is 34.3 Å². The van der Waals surface area contributed by atoms with Crippen LogP contribution in [0, 0.1) is 0 Å². The predicted octanol–water partition coefficient (Wildman–Crippen LogP) is 5.14. The average Bonchev–Trinajstić information content (AvgIpc) is 3.21. The summed E-state index contributed by atoms with van der Waals surface area (Å²) in [7, 11) is 0. The molecule has 0 spiro atoms. The van der Waals surface area contributed by atoms with E-state index in [0.29, 0.717) is 6.54 Å². The fourth-order valence-electron chi connectivity index (χ4n) is 4.46. The Labute approximate surface area is 177 Å². The van der Waals surface area contributed by atoms with Gasteiger partial charge in [0.2, 0.25) is 0 Å². The van der Waals surface area contributed by atoms with Crippen molar-refractivity contribution in [2.75, 3.05) is 16.8 Å². The summed E-state index contributed by atoms with van der Waals surface area (Å²) in [6, 6.07) is 15.8. The molecule has 0 unspecified atom stereocenters. The number of nitrogens with zero attached hydrogens (tertiary/aromatic N) is 3. The van der Waals surface area contributed by atoms with E-state index in [4.69, 9.17) is 0 Å². The molecule has 31 heavy (non-hydrogen) atoms. The van der Waals surface area contributed by atoms with Crippen LogP contribution in [0.5, 0.6) is 0 Å². The highest BCUT2D eigenvalue weighted by molar-refractivity contribution is 6.06. The first-order valence-corrected chi connectivity index (χ1v) is 10.3. The second-order valence-corrected chi connectivity index (χ2v) is 7.95. The normalized spacial score (nSPS) is 20.5. The molecule has 2 aliphatic rings. The van der Waals surface area contributed by atoms with Crippen LogP contribution in [0.4, 0.5) is 24.7 Å². The number of rotatable bonds is 2. The quantitative estimate of drug-likeness (QED) is 0.618. The van der Waals surface area contributed by atoms with E-state index in [9.17, 15) is 18.0 Å². The van der Waals surface area contributed by atoms with Crippen LogP contribution in [0.2, 0.25) is 0 Å². The van der Waals surface area contributed by atoms with Crippen LogP contribution < -0.4 is 10.2 Å². The van der Waals surface area contributed by atoms with Gasteiger partial charge in [-0.3, -0.25) is 4.79 Å². The number of aryl methyl sites for hydroxylation is 1. The third-order valence-corrected chi connectivity index (χ3v) is 5.97. The number of hydrogen-bond donors (Lipinski definition) is 1. The molecule has 1 aromatic heterocycles. The summed E-state index contributed by atoms with van der Waals surface area (Å²) in [6.07, 6.45) is -3.00. The highest BCUT2D eigenvalue weighted by Gasteiger charge is 2.47. The highest BCUT2D eigenvalue weighted by Crippen LogP contribution is 2.43. The number of amides is 1. The van der Waals surface area contributed by atoms with Gasteiger partial charge in [0.1, 0.15) is 5.82 Å². The van der Waals surface area contributed by atoms with E-state index >= 15 is 0 Å². The number of alkyl halides is 3. The summed E-state index contributed by atoms with van der Waals surface area (Å²) < 4.78 is 42.6. The largest absolute Gasteiger partial charge is 0.410 e. The molecule has 0 aliphatic carbocycles. The zero-order chi connectivity index (χ0) is 21.6. The molecule has 2 aromatic carbocycles. The summed E-state index contributed by atoms with van der Waals surface area (Å²) in [6.45, 7) is 0.515. The number of nitrogens with one attached hydrogen (secondary N) is 1. The van der Waals surface area contributed by atoms with Gasteiger partial charge >= 0.3 is 6.18 Å². The van der Waals surface area contributed by atoms with E-state index in [-0.39, 0.29) is 23.8 Å². The lowest BCUT2D eigenvalue weighted by molar-refractivity contribution is -0.173. The van der Waals surface area contributed by atoms with Crippen LogP contribution in [-0.4, -0.2) is 28.4 Å². The molecule has 3 heterocycles. The molecule has 2 atom stereocenters. The van der Waals surface area contributed by atoms with E-state index in [1.165, 1.54) is 6.07 Å². The number of carbonyl (C=O) groups is 1. The second-order valence-electron chi connectivity index (χ2n) is 7.95. The molecule has 1 amide bonds. The van der Waals surface area contributed by atoms with Gasteiger partial charge < -0.3 is 10.2 Å². The lowest BCUT2D eigenvalue weighted by Gasteiger charge is -2.33. The predicted molar refractivity (Wildman–Crippen MR) is 111 cm³/mol. The van der Waals surface area contributed by atoms with Crippen molar-refractivity contribution in [1.82, 2.24) is 9.78 Å². The summed E-state index contributed by atoms with van der Waals surface area (Å²) in [5.41, 5.74) is 2.64. The third-order valence-electron chi connectivity index (χ3n) is 5.97. The molecule has 8 heteroatoms. The minimum atomic E-state index is -4.48. The number of aromatic nitrogens is 2. The standard InChI is InChI=1S/C23H21F3N4O/c24-23(25,26)20-13-17(15-7-2-1-3-8-15)27-21-14-18(28-30(20)21)22(31)29-12-6-10-16-9-4-5-11-19(16)29/h1-5,7-9,11,14,17,20,27H,6,10,12-13H2/t17-,20+/m1/s1. The SMILES string of the molecule is O=C(c1cc2n(n1)[C@H](C(F)(F)F)C[C@H](c1ccccc1)N2)N1CCCc2ccccc21. The third kappa shape index (κ3) is 3.56. The molecular weight excluding hydrogens is 405 g/mol. The first-order chi connectivity index (χ1) is 14.9. The zero-order valence-electron chi connectivity index (χ0n) is 16.6. The van der Waals surface area contributed by atoms with Gasteiger partial charge in [-0.1, -0.05) is 48.5 Å². The van der Waals surface area contributed by atoms with Gasteiger partial charge in [-0.05, 0) is 30.0 Å². The fraction of sp³-hybridized carbons (Fsp3) is 0.304. The Kier molecular flexibility index (Phi) is 4.72. The maximum absolute atomic E-state index is 13.9. The van der Waals surface area contributed by atoms with Gasteiger partial charge in [0, 0.05) is 24.7 Å². The number of hydrogen-bond acceptors (Lipinski definition) is 3. The van der Waals surface area contributed by atoms with Crippen molar-refractivity contribution >= 4 is 17.4 Å². The molecule has 0 radical (unpaired) electrons. The fourth-order valence-corrected chi connectivity index (χ4v) is 4.46. The topological polar surface area (TPSA) is 50.2 Å². The van der Waals surface area contributed by atoms with Crippen LogP contribution in [0.1, 0.15) is 46.5 Å². The molecule has 2 aliphatic heterocycles. The van der Waals surface area contributed by atoms with Crippen LogP contribution in [0.15, 0.2) is 60.7 Å². The summed E-state index contributed by atoms with van der Waals surface area (Å²) in [5.74, 6) is -0.177. The Morgan fingerprint density at radius 3 is 2.58 bits per heavy atom. The Bertz CT molecular complexity index is 1110. The van der Waals surface area contributed by atoms with Crippen LogP contribution in [-0.2, 0) is 6.42 Å². The van der Waals surface area contributed by atoms with Crippen molar-refractivity contribution < 1.29 is 18.0 Å². The molecular formula is C23H21F3N4O. The number of carbonyl (C=O) groups excluding carboxylic acids is 1. The molecule has 1 N–H and O–H groups in total. The summed E-state index contributed by atoms with van der Waals surface area (Å²) >= 11 is 0. The molecule has 0 fully saturated rings. The summed E-state index contributed by atoms with van der Waals surface area (Å²) in [4.78, 5) is 14.8. The Morgan fingerprint density at radius 2 is 1.81 bits per heavy atom. The zero-order valence-corrected chi connectivity index (χ0v) is 16.6. The van der Waals surface area contributed by atoms with Gasteiger partial charge in [0.15, 0.2) is 11.7 Å². The monoisotopic (exact) mass is 426 g/mol. The molecule has 0 saturated carbocycles. The van der Waals surface area contributed by atoms with Crippen LogP contribution in [0.3, 0.4) is 0 Å². The van der Waals surface area contributed by atoms with Crippen LogP contribution >= 0.6 is 0 Å². The lowest BCUT2D eigenvalue weighted by atomic mass is 9.97. The average molecular weight is 426 g/mol. The first kappa shape index (κ1) is 19.7. The molecule has 0 bridgehead atoms. The van der Waals surface area contributed by atoms with E-state index in [1.54, 1.807) is 29.2 Å². The minimum Gasteiger partial charge on any atom is -0.363 e.